The molecule has 0 N–H and O–H groups in total. The molecule has 3 heteroatoms. The van der Waals surface area contributed by atoms with Crippen molar-refractivity contribution in [3.8, 4) is 11.5 Å². The van der Waals surface area contributed by atoms with Crippen LogP contribution in [-0.4, -0.2) is 8.56 Å². The molecule has 2 aromatic carbocycles. The fourth-order valence-corrected chi connectivity index (χ4v) is 5.35. The minimum atomic E-state index is -2.38. The molecule has 0 heterocycles. The minimum absolute atomic E-state index is 0.430. The van der Waals surface area contributed by atoms with Gasteiger partial charge in [-0.15, -0.1) is 0 Å². The average Bonchev–Trinajstić information content (AvgIpc) is 2.61. The second-order valence-electron chi connectivity index (χ2n) is 7.21. The second-order valence-corrected chi connectivity index (χ2v) is 10.9. The van der Waals surface area contributed by atoms with Gasteiger partial charge in [-0.2, -0.15) is 0 Å². The fraction of sp³-hybridized carbons (Fsp3) is 0.455. The molecule has 0 radical (unpaired) electrons. The van der Waals surface area contributed by atoms with Gasteiger partial charge in [0.05, 0.1) is 0 Å². The van der Waals surface area contributed by atoms with Gasteiger partial charge in [0.15, 0.2) is 0 Å². The molecule has 0 atom stereocenters. The standard InChI is InChI=1S/C22H32O2Si/c1-7-25(8-2,23-21-15-11-9-13-19(21)17(3)4)24-22-16-12-10-14-20(22)18(5)6/h9-18H,7-8H2,1-6H3. The van der Waals surface area contributed by atoms with Crippen LogP contribution < -0.4 is 8.85 Å². The van der Waals surface area contributed by atoms with Crippen molar-refractivity contribution in [2.45, 2.75) is 65.5 Å². The normalized spacial score (nSPS) is 11.8. The number of hydrogen-bond donors (Lipinski definition) is 0. The Morgan fingerprint density at radius 3 is 1.36 bits per heavy atom. The monoisotopic (exact) mass is 356 g/mol. The predicted octanol–water partition coefficient (Wildman–Crippen LogP) is 6.87. The summed E-state index contributed by atoms with van der Waals surface area (Å²) in [6.45, 7) is 13.2. The smallest absolute Gasteiger partial charge is 0.459 e. The summed E-state index contributed by atoms with van der Waals surface area (Å²) in [6.07, 6.45) is 0. The van der Waals surface area contributed by atoms with Crippen molar-refractivity contribution in [2.24, 2.45) is 0 Å². The van der Waals surface area contributed by atoms with Crippen LogP contribution >= 0.6 is 0 Å². The van der Waals surface area contributed by atoms with E-state index in [9.17, 15) is 0 Å². The summed E-state index contributed by atoms with van der Waals surface area (Å²) in [7, 11) is -2.38. The van der Waals surface area contributed by atoms with Crippen molar-refractivity contribution < 1.29 is 8.85 Å². The van der Waals surface area contributed by atoms with Crippen LogP contribution in [0, 0.1) is 0 Å². The first kappa shape index (κ1) is 19.6. The summed E-state index contributed by atoms with van der Waals surface area (Å²) in [5.41, 5.74) is 2.50. The molecule has 0 fully saturated rings. The number of rotatable bonds is 8. The van der Waals surface area contributed by atoms with Crippen molar-refractivity contribution in [1.82, 2.24) is 0 Å². The topological polar surface area (TPSA) is 18.5 Å². The van der Waals surface area contributed by atoms with Crippen LogP contribution in [-0.2, 0) is 0 Å². The molecule has 0 aromatic heterocycles. The third kappa shape index (κ3) is 4.66. The van der Waals surface area contributed by atoms with E-state index in [1.807, 2.05) is 12.1 Å². The Kier molecular flexibility index (Phi) is 6.71. The van der Waals surface area contributed by atoms with Gasteiger partial charge in [0.25, 0.3) is 0 Å². The number of para-hydroxylation sites is 2. The Balaban J connectivity index is 2.37. The van der Waals surface area contributed by atoms with Gasteiger partial charge in [-0.05, 0) is 35.1 Å². The molecule has 0 spiro atoms. The van der Waals surface area contributed by atoms with E-state index in [-0.39, 0.29) is 0 Å². The van der Waals surface area contributed by atoms with Gasteiger partial charge in [0, 0.05) is 12.1 Å². The maximum atomic E-state index is 6.65. The Morgan fingerprint density at radius 1 is 0.680 bits per heavy atom. The summed E-state index contributed by atoms with van der Waals surface area (Å²) >= 11 is 0. The van der Waals surface area contributed by atoms with E-state index < -0.39 is 8.56 Å². The summed E-state index contributed by atoms with van der Waals surface area (Å²) in [6, 6.07) is 18.6. The summed E-state index contributed by atoms with van der Waals surface area (Å²) in [5, 5.41) is 0. The highest BCUT2D eigenvalue weighted by Gasteiger charge is 2.39. The lowest BCUT2D eigenvalue weighted by atomic mass is 10.0. The van der Waals surface area contributed by atoms with Crippen molar-refractivity contribution >= 4 is 8.56 Å². The number of benzene rings is 2. The molecule has 2 rings (SSSR count). The highest BCUT2D eigenvalue weighted by atomic mass is 28.4. The van der Waals surface area contributed by atoms with Crippen molar-refractivity contribution in [1.29, 1.82) is 0 Å². The van der Waals surface area contributed by atoms with Crippen LogP contribution in [0.5, 0.6) is 11.5 Å². The van der Waals surface area contributed by atoms with Gasteiger partial charge in [-0.1, -0.05) is 77.9 Å². The zero-order chi connectivity index (χ0) is 18.4. The zero-order valence-electron chi connectivity index (χ0n) is 16.5. The Bertz CT molecular complexity index is 620. The van der Waals surface area contributed by atoms with Crippen molar-refractivity contribution in [3.63, 3.8) is 0 Å². The van der Waals surface area contributed by atoms with Crippen LogP contribution in [0.1, 0.15) is 64.5 Å². The zero-order valence-corrected chi connectivity index (χ0v) is 17.5. The molecule has 0 amide bonds. The third-order valence-electron chi connectivity index (χ3n) is 4.75. The lowest BCUT2D eigenvalue weighted by Crippen LogP contribution is -2.47. The van der Waals surface area contributed by atoms with Gasteiger partial charge in [-0.3, -0.25) is 0 Å². The van der Waals surface area contributed by atoms with Gasteiger partial charge >= 0.3 is 8.56 Å². The summed E-state index contributed by atoms with van der Waals surface area (Å²) in [5.74, 6) is 2.82. The van der Waals surface area contributed by atoms with Crippen LogP contribution in [0.4, 0.5) is 0 Å². The van der Waals surface area contributed by atoms with E-state index in [0.29, 0.717) is 11.8 Å². The molecule has 136 valence electrons. The molecule has 0 aliphatic carbocycles. The summed E-state index contributed by atoms with van der Waals surface area (Å²) in [4.78, 5) is 0. The van der Waals surface area contributed by atoms with Crippen molar-refractivity contribution in [3.05, 3.63) is 59.7 Å². The third-order valence-corrected chi connectivity index (χ3v) is 8.09. The van der Waals surface area contributed by atoms with Gasteiger partial charge in [-0.25, -0.2) is 0 Å². The average molecular weight is 357 g/mol. The van der Waals surface area contributed by atoms with E-state index in [2.05, 4.69) is 77.9 Å². The quantitative estimate of drug-likeness (QED) is 0.480. The maximum absolute atomic E-state index is 6.65. The van der Waals surface area contributed by atoms with E-state index in [1.54, 1.807) is 0 Å². The van der Waals surface area contributed by atoms with Crippen LogP contribution in [0.2, 0.25) is 12.1 Å². The molecule has 0 unspecified atom stereocenters. The molecule has 0 saturated heterocycles. The molecule has 0 aliphatic heterocycles. The second kappa shape index (κ2) is 8.57. The first-order chi connectivity index (χ1) is 11.9. The molecule has 2 aromatic rings. The maximum Gasteiger partial charge on any atom is 0.459 e. The Hall–Kier alpha value is -1.74. The highest BCUT2D eigenvalue weighted by molar-refractivity contribution is 6.68. The van der Waals surface area contributed by atoms with E-state index in [1.165, 1.54) is 11.1 Å². The van der Waals surface area contributed by atoms with E-state index >= 15 is 0 Å². The molecule has 2 nitrogen and oxygen atoms in total. The lowest BCUT2D eigenvalue weighted by molar-refractivity contribution is 0.375. The van der Waals surface area contributed by atoms with Gasteiger partial charge < -0.3 is 8.85 Å². The summed E-state index contributed by atoms with van der Waals surface area (Å²) < 4.78 is 13.3. The first-order valence-corrected chi connectivity index (χ1v) is 11.7. The van der Waals surface area contributed by atoms with Crippen LogP contribution in [0.15, 0.2) is 48.5 Å². The van der Waals surface area contributed by atoms with Crippen LogP contribution in [0.25, 0.3) is 0 Å². The number of hydrogen-bond acceptors (Lipinski definition) is 2. The van der Waals surface area contributed by atoms with Gasteiger partial charge in [0.1, 0.15) is 11.5 Å². The van der Waals surface area contributed by atoms with E-state index in [0.717, 1.165) is 23.6 Å². The Morgan fingerprint density at radius 2 is 1.04 bits per heavy atom. The Labute approximate surface area is 154 Å². The minimum Gasteiger partial charge on any atom is -0.512 e. The van der Waals surface area contributed by atoms with E-state index in [4.69, 9.17) is 8.85 Å². The predicted molar refractivity (Wildman–Crippen MR) is 109 cm³/mol. The molecule has 0 bridgehead atoms. The SMILES string of the molecule is CC[Si](CC)(Oc1ccccc1C(C)C)Oc1ccccc1C(C)C. The van der Waals surface area contributed by atoms with Crippen molar-refractivity contribution in [2.75, 3.05) is 0 Å². The molecular weight excluding hydrogens is 324 g/mol. The highest BCUT2D eigenvalue weighted by Crippen LogP contribution is 2.34. The lowest BCUT2D eigenvalue weighted by Gasteiger charge is -2.32. The van der Waals surface area contributed by atoms with Crippen LogP contribution in [0.3, 0.4) is 0 Å². The fourth-order valence-electron chi connectivity index (χ4n) is 3.06. The molecule has 0 saturated carbocycles. The van der Waals surface area contributed by atoms with Gasteiger partial charge in [0.2, 0.25) is 0 Å². The molecule has 25 heavy (non-hydrogen) atoms. The largest absolute Gasteiger partial charge is 0.512 e. The first-order valence-electron chi connectivity index (χ1n) is 9.48. The molecule has 0 aliphatic rings. The molecular formula is C22H32O2Si.